The van der Waals surface area contributed by atoms with Gasteiger partial charge in [0.1, 0.15) is 0 Å². The van der Waals surface area contributed by atoms with E-state index in [0.717, 1.165) is 11.3 Å². The van der Waals surface area contributed by atoms with Crippen LogP contribution < -0.4 is 25.6 Å². The van der Waals surface area contributed by atoms with E-state index in [0.29, 0.717) is 0 Å². The number of hydrogen-bond acceptors (Lipinski definition) is 8. The maximum absolute atomic E-state index is 13.1. The van der Waals surface area contributed by atoms with E-state index in [1.54, 1.807) is 0 Å². The lowest BCUT2D eigenvalue weighted by atomic mass is 10.1. The van der Waals surface area contributed by atoms with E-state index >= 15 is 0 Å². The lowest BCUT2D eigenvalue weighted by molar-refractivity contribution is -0.120. The van der Waals surface area contributed by atoms with E-state index < -0.39 is 21.8 Å². The Balaban J connectivity index is 1.74. The third kappa shape index (κ3) is 5.95. The van der Waals surface area contributed by atoms with Gasteiger partial charge in [-0.05, 0) is 25.1 Å². The number of morpholine rings is 1. The van der Waals surface area contributed by atoms with Crippen LogP contribution in [-0.2, 0) is 19.6 Å². The van der Waals surface area contributed by atoms with Gasteiger partial charge >= 0.3 is 0 Å². The van der Waals surface area contributed by atoms with Gasteiger partial charge in [0.25, 0.3) is 11.8 Å². The lowest BCUT2D eigenvalue weighted by Gasteiger charge is -2.26. The molecule has 0 bridgehead atoms. The van der Waals surface area contributed by atoms with Crippen LogP contribution in [0.25, 0.3) is 0 Å². The average molecular weight is 493 g/mol. The molecule has 2 aromatic carbocycles. The second-order valence-electron chi connectivity index (χ2n) is 7.44. The van der Waals surface area contributed by atoms with Gasteiger partial charge in [0.05, 0.1) is 44.4 Å². The summed E-state index contributed by atoms with van der Waals surface area (Å²) in [4.78, 5) is 24.9. The van der Waals surface area contributed by atoms with E-state index in [9.17, 15) is 18.0 Å². The highest BCUT2D eigenvalue weighted by atomic mass is 32.2. The molecule has 0 saturated carbocycles. The topological polar surface area (TPSA) is 135 Å². The van der Waals surface area contributed by atoms with Crippen molar-refractivity contribution >= 4 is 27.5 Å². The van der Waals surface area contributed by atoms with Crippen LogP contribution in [0.2, 0.25) is 0 Å². The number of hydrogen-bond donors (Lipinski definition) is 3. The molecule has 3 rings (SSSR count). The summed E-state index contributed by atoms with van der Waals surface area (Å²) in [6, 6.07) is 9.96. The molecule has 1 heterocycles. The largest absolute Gasteiger partial charge is 0.493 e. The third-order valence-corrected chi connectivity index (χ3v) is 7.00. The first-order chi connectivity index (χ1) is 16.3. The van der Waals surface area contributed by atoms with Gasteiger partial charge in [-0.2, -0.15) is 4.31 Å². The van der Waals surface area contributed by atoms with E-state index in [1.807, 2.05) is 31.2 Å². The van der Waals surface area contributed by atoms with Gasteiger partial charge in [0, 0.05) is 24.8 Å². The van der Waals surface area contributed by atoms with E-state index in [-0.39, 0.29) is 54.8 Å². The number of ether oxygens (including phenoxy) is 3. The SMILES string of the molecule is COc1cc(S(=O)(=O)N2CCOCC2)cc(C(=O)NNC(=O)CNc2ccc(C)cc2)c1OC. The zero-order valence-electron chi connectivity index (χ0n) is 19.2. The van der Waals surface area contributed by atoms with Crippen molar-refractivity contribution < 1.29 is 32.2 Å². The summed E-state index contributed by atoms with van der Waals surface area (Å²) < 4.78 is 43.2. The molecule has 2 amide bonds. The highest BCUT2D eigenvalue weighted by Crippen LogP contribution is 2.35. The second-order valence-corrected chi connectivity index (χ2v) is 9.38. The van der Waals surface area contributed by atoms with Gasteiger partial charge in [-0.15, -0.1) is 0 Å². The van der Waals surface area contributed by atoms with Crippen LogP contribution in [-0.4, -0.2) is 71.6 Å². The minimum atomic E-state index is -3.91. The Kier molecular flexibility index (Phi) is 8.31. The molecule has 0 aliphatic carbocycles. The number of nitrogens with zero attached hydrogens (tertiary/aromatic N) is 1. The number of sulfonamides is 1. The molecule has 11 nitrogen and oxygen atoms in total. The van der Waals surface area contributed by atoms with Crippen molar-refractivity contribution in [3.63, 3.8) is 0 Å². The zero-order chi connectivity index (χ0) is 24.7. The number of anilines is 1. The molecule has 0 aromatic heterocycles. The lowest BCUT2D eigenvalue weighted by Crippen LogP contribution is -2.44. The summed E-state index contributed by atoms with van der Waals surface area (Å²) in [6.07, 6.45) is 0. The molecule has 2 aromatic rings. The highest BCUT2D eigenvalue weighted by molar-refractivity contribution is 7.89. The van der Waals surface area contributed by atoms with E-state index in [1.165, 1.54) is 30.7 Å². The van der Waals surface area contributed by atoms with Crippen molar-refractivity contribution in [1.82, 2.24) is 15.2 Å². The Hall–Kier alpha value is -3.35. The standard InChI is InChI=1S/C22H28N4O7S/c1-15-4-6-16(7-5-15)23-14-20(27)24-25-22(28)18-12-17(13-19(31-2)21(18)32-3)34(29,30)26-8-10-33-11-9-26/h4-7,12-13,23H,8-11,14H2,1-3H3,(H,24,27)(H,25,28). The van der Waals surface area contributed by atoms with Crippen molar-refractivity contribution in [3.8, 4) is 11.5 Å². The molecule has 1 saturated heterocycles. The highest BCUT2D eigenvalue weighted by Gasteiger charge is 2.30. The van der Waals surface area contributed by atoms with Crippen molar-refractivity contribution in [3.05, 3.63) is 47.5 Å². The van der Waals surface area contributed by atoms with Gasteiger partial charge in [-0.3, -0.25) is 20.4 Å². The third-order valence-electron chi connectivity index (χ3n) is 5.12. The number of amides is 2. The minimum absolute atomic E-state index is 0.0351. The summed E-state index contributed by atoms with van der Waals surface area (Å²) in [7, 11) is -1.24. The summed E-state index contributed by atoms with van der Waals surface area (Å²) >= 11 is 0. The van der Waals surface area contributed by atoms with Crippen LogP contribution in [0.15, 0.2) is 41.3 Å². The number of rotatable bonds is 8. The molecule has 0 atom stereocenters. The molecule has 1 aliphatic heterocycles. The Labute approximate surface area is 198 Å². The molecule has 1 aliphatic rings. The van der Waals surface area contributed by atoms with Gasteiger partial charge in [0.2, 0.25) is 10.0 Å². The maximum atomic E-state index is 13.1. The van der Waals surface area contributed by atoms with Crippen LogP contribution in [0, 0.1) is 6.92 Å². The van der Waals surface area contributed by atoms with Crippen LogP contribution in [0.4, 0.5) is 5.69 Å². The predicted molar refractivity (Wildman–Crippen MR) is 124 cm³/mol. The fraction of sp³-hybridized carbons (Fsp3) is 0.364. The number of carbonyl (C=O) groups excluding carboxylic acids is 2. The smallest absolute Gasteiger partial charge is 0.273 e. The first-order valence-corrected chi connectivity index (χ1v) is 11.9. The molecular formula is C22H28N4O7S. The Morgan fingerprint density at radius 2 is 1.71 bits per heavy atom. The number of methoxy groups -OCH3 is 2. The number of hydrazine groups is 1. The molecule has 34 heavy (non-hydrogen) atoms. The zero-order valence-corrected chi connectivity index (χ0v) is 20.0. The fourth-order valence-electron chi connectivity index (χ4n) is 3.28. The second kappa shape index (κ2) is 11.2. The first-order valence-electron chi connectivity index (χ1n) is 10.5. The van der Waals surface area contributed by atoms with Crippen molar-refractivity contribution in [2.24, 2.45) is 0 Å². The fourth-order valence-corrected chi connectivity index (χ4v) is 4.74. The number of carbonyl (C=O) groups is 2. The van der Waals surface area contributed by atoms with E-state index in [2.05, 4.69) is 16.2 Å². The van der Waals surface area contributed by atoms with Gasteiger partial charge in [-0.1, -0.05) is 17.7 Å². The summed E-state index contributed by atoms with van der Waals surface area (Å²) in [5, 5.41) is 2.94. The first kappa shape index (κ1) is 25.3. The van der Waals surface area contributed by atoms with Gasteiger partial charge < -0.3 is 19.5 Å². The van der Waals surface area contributed by atoms with Gasteiger partial charge in [0.15, 0.2) is 11.5 Å². The quantitative estimate of drug-likeness (QED) is 0.463. The van der Waals surface area contributed by atoms with Crippen molar-refractivity contribution in [1.29, 1.82) is 0 Å². The monoisotopic (exact) mass is 492 g/mol. The summed E-state index contributed by atoms with van der Waals surface area (Å²) in [6.45, 7) is 2.82. The van der Waals surface area contributed by atoms with Gasteiger partial charge in [-0.25, -0.2) is 8.42 Å². The summed E-state index contributed by atoms with van der Waals surface area (Å²) in [5.74, 6) is -1.17. The number of aryl methyl sites for hydroxylation is 1. The van der Waals surface area contributed by atoms with Crippen molar-refractivity contribution in [2.75, 3.05) is 52.4 Å². The number of nitrogens with one attached hydrogen (secondary N) is 3. The minimum Gasteiger partial charge on any atom is -0.493 e. The summed E-state index contributed by atoms with van der Waals surface area (Å²) in [5.41, 5.74) is 6.31. The average Bonchev–Trinajstić information content (AvgIpc) is 2.86. The molecule has 3 N–H and O–H groups in total. The maximum Gasteiger partial charge on any atom is 0.273 e. The van der Waals surface area contributed by atoms with Crippen LogP contribution in [0.3, 0.4) is 0 Å². The molecule has 12 heteroatoms. The Morgan fingerprint density at radius 1 is 1.03 bits per heavy atom. The Morgan fingerprint density at radius 3 is 2.32 bits per heavy atom. The molecule has 0 radical (unpaired) electrons. The van der Waals surface area contributed by atoms with Crippen LogP contribution in [0.5, 0.6) is 11.5 Å². The van der Waals surface area contributed by atoms with E-state index in [4.69, 9.17) is 14.2 Å². The predicted octanol–water partition coefficient (Wildman–Crippen LogP) is 0.906. The Bertz CT molecular complexity index is 1130. The van der Waals surface area contributed by atoms with Crippen LogP contribution >= 0.6 is 0 Å². The molecular weight excluding hydrogens is 464 g/mol. The molecule has 0 unspecified atom stereocenters. The number of benzene rings is 2. The molecule has 0 spiro atoms. The normalized spacial score (nSPS) is 14.2. The molecule has 1 fully saturated rings. The van der Waals surface area contributed by atoms with Crippen LogP contribution in [0.1, 0.15) is 15.9 Å². The van der Waals surface area contributed by atoms with Crippen molar-refractivity contribution in [2.45, 2.75) is 11.8 Å². The molecule has 184 valence electrons.